The average Bonchev–Trinajstić information content (AvgIpc) is 2.69. The van der Waals surface area contributed by atoms with Gasteiger partial charge in [0.25, 0.3) is 0 Å². The van der Waals surface area contributed by atoms with Crippen molar-refractivity contribution < 1.29 is 9.90 Å². The molecule has 0 amide bonds. The van der Waals surface area contributed by atoms with Gasteiger partial charge >= 0.3 is 5.97 Å². The van der Waals surface area contributed by atoms with Gasteiger partial charge in [0.15, 0.2) is 5.16 Å². The van der Waals surface area contributed by atoms with E-state index in [-0.39, 0.29) is 11.2 Å². The molecule has 0 spiro atoms. The van der Waals surface area contributed by atoms with Crippen LogP contribution in [0.5, 0.6) is 0 Å². The van der Waals surface area contributed by atoms with Crippen LogP contribution in [0.3, 0.4) is 0 Å². The molecule has 4 nitrogen and oxygen atoms in total. The van der Waals surface area contributed by atoms with Crippen LogP contribution in [0.4, 0.5) is 0 Å². The Labute approximate surface area is 133 Å². The number of imidazole rings is 1. The van der Waals surface area contributed by atoms with Crippen LogP contribution >= 0.6 is 23.4 Å². The third kappa shape index (κ3) is 4.38. The number of halogens is 1. The molecule has 0 aliphatic carbocycles. The monoisotopic (exact) mass is 326 g/mol. The number of thioether (sulfide) groups is 1. The number of carbonyl (C=O) groups is 1. The lowest BCUT2D eigenvalue weighted by molar-refractivity contribution is -0.133. The number of hydrogen-bond donors (Lipinski definition) is 1. The molecule has 1 N–H and O–H groups in total. The van der Waals surface area contributed by atoms with Gasteiger partial charge in [-0.2, -0.15) is 0 Å². The van der Waals surface area contributed by atoms with Crippen LogP contribution < -0.4 is 0 Å². The van der Waals surface area contributed by atoms with Crippen LogP contribution in [0.25, 0.3) is 11.0 Å². The third-order valence-corrected chi connectivity index (χ3v) is 4.28. The van der Waals surface area contributed by atoms with Gasteiger partial charge in [0.1, 0.15) is 0 Å². The fraction of sp³-hybridized carbons (Fsp3) is 0.467. The van der Waals surface area contributed by atoms with Crippen molar-refractivity contribution in [1.29, 1.82) is 0 Å². The zero-order valence-corrected chi connectivity index (χ0v) is 14.0. The number of carboxylic acids is 1. The van der Waals surface area contributed by atoms with Crippen molar-refractivity contribution in [2.24, 2.45) is 5.41 Å². The van der Waals surface area contributed by atoms with Crippen molar-refractivity contribution in [3.63, 3.8) is 0 Å². The van der Waals surface area contributed by atoms with E-state index < -0.39 is 5.97 Å². The van der Waals surface area contributed by atoms with E-state index in [0.717, 1.165) is 29.2 Å². The Hall–Kier alpha value is -1.20. The summed E-state index contributed by atoms with van der Waals surface area (Å²) in [5.74, 6) is -0.834. The number of aromatic nitrogens is 2. The Morgan fingerprint density at radius 2 is 2.14 bits per heavy atom. The molecule has 0 saturated heterocycles. The Morgan fingerprint density at radius 1 is 1.43 bits per heavy atom. The number of fused-ring (bicyclic) bond motifs is 1. The number of nitrogens with zero attached hydrogens (tertiary/aromatic N) is 2. The molecule has 0 bridgehead atoms. The fourth-order valence-electron chi connectivity index (χ4n) is 1.98. The van der Waals surface area contributed by atoms with Crippen molar-refractivity contribution in [1.82, 2.24) is 9.55 Å². The quantitative estimate of drug-likeness (QED) is 0.832. The van der Waals surface area contributed by atoms with E-state index in [1.165, 1.54) is 11.8 Å². The normalized spacial score (nSPS) is 12.0. The summed E-state index contributed by atoms with van der Waals surface area (Å²) in [6.07, 6.45) is 0.988. The zero-order valence-electron chi connectivity index (χ0n) is 12.4. The second kappa shape index (κ2) is 6.28. The molecule has 0 atom stereocenters. The first-order valence-corrected chi connectivity index (χ1v) is 8.13. The highest BCUT2D eigenvalue weighted by atomic mass is 35.5. The lowest BCUT2D eigenvalue weighted by Gasteiger charge is -2.19. The molecule has 21 heavy (non-hydrogen) atoms. The highest BCUT2D eigenvalue weighted by Gasteiger charge is 2.16. The first-order valence-electron chi connectivity index (χ1n) is 6.77. The molecule has 1 aromatic heterocycles. The van der Waals surface area contributed by atoms with Crippen LogP contribution in [-0.4, -0.2) is 26.4 Å². The minimum atomic E-state index is -0.840. The largest absolute Gasteiger partial charge is 0.481 e. The molecule has 2 aromatic rings. The molecule has 0 unspecified atom stereocenters. The van der Waals surface area contributed by atoms with Crippen molar-refractivity contribution in [2.45, 2.75) is 38.9 Å². The number of benzene rings is 1. The molecule has 2 rings (SSSR count). The van der Waals surface area contributed by atoms with Crippen LogP contribution in [0, 0.1) is 5.41 Å². The highest BCUT2D eigenvalue weighted by Crippen LogP contribution is 2.28. The van der Waals surface area contributed by atoms with Gasteiger partial charge in [-0.3, -0.25) is 4.79 Å². The Bertz CT molecular complexity index is 661. The van der Waals surface area contributed by atoms with Crippen LogP contribution in [0.1, 0.15) is 27.2 Å². The Balaban J connectivity index is 2.36. The minimum Gasteiger partial charge on any atom is -0.481 e. The summed E-state index contributed by atoms with van der Waals surface area (Å²) in [5.41, 5.74) is 2.01. The topological polar surface area (TPSA) is 55.1 Å². The maximum absolute atomic E-state index is 10.8. The molecular formula is C15H19ClN2O2S. The van der Waals surface area contributed by atoms with Gasteiger partial charge in [-0.1, -0.05) is 44.1 Å². The SMILES string of the molecule is CC(C)(C)CCn1c(SCC(=O)O)nc2cc(Cl)ccc21. The van der Waals surface area contributed by atoms with Gasteiger partial charge < -0.3 is 9.67 Å². The molecule has 0 aliphatic rings. The minimum absolute atomic E-state index is 0.00652. The second-order valence-electron chi connectivity index (χ2n) is 6.17. The first-order chi connectivity index (χ1) is 9.76. The predicted octanol–water partition coefficient (Wildman–Crippen LogP) is 4.30. The predicted molar refractivity (Wildman–Crippen MR) is 87.2 cm³/mol. The van der Waals surface area contributed by atoms with E-state index in [0.29, 0.717) is 5.02 Å². The summed E-state index contributed by atoms with van der Waals surface area (Å²) in [6, 6.07) is 5.60. The zero-order chi connectivity index (χ0) is 15.6. The van der Waals surface area contributed by atoms with Gasteiger partial charge in [-0.05, 0) is 30.0 Å². The third-order valence-electron chi connectivity index (χ3n) is 3.09. The van der Waals surface area contributed by atoms with Gasteiger partial charge in [0, 0.05) is 11.6 Å². The van der Waals surface area contributed by atoms with Crippen molar-refractivity contribution >= 4 is 40.4 Å². The number of rotatable bonds is 5. The average molecular weight is 327 g/mol. The molecule has 1 aromatic carbocycles. The number of carboxylic acid groups (broad SMARTS) is 1. The lowest BCUT2D eigenvalue weighted by atomic mass is 9.92. The Kier molecular flexibility index (Phi) is 4.84. The molecule has 0 radical (unpaired) electrons. The number of aliphatic carboxylic acids is 1. The van der Waals surface area contributed by atoms with Crippen molar-refractivity contribution in [3.05, 3.63) is 23.2 Å². The second-order valence-corrected chi connectivity index (χ2v) is 7.55. The van der Waals surface area contributed by atoms with E-state index in [1.54, 1.807) is 0 Å². The molecule has 0 aliphatic heterocycles. The van der Waals surface area contributed by atoms with Crippen LogP contribution in [0.15, 0.2) is 23.4 Å². The Morgan fingerprint density at radius 3 is 2.76 bits per heavy atom. The van der Waals surface area contributed by atoms with Gasteiger partial charge in [-0.25, -0.2) is 4.98 Å². The van der Waals surface area contributed by atoms with Crippen molar-refractivity contribution in [2.75, 3.05) is 5.75 Å². The van der Waals surface area contributed by atoms with E-state index in [4.69, 9.17) is 16.7 Å². The van der Waals surface area contributed by atoms with Crippen LogP contribution in [-0.2, 0) is 11.3 Å². The summed E-state index contributed by atoms with van der Waals surface area (Å²) >= 11 is 7.25. The van der Waals surface area contributed by atoms with Crippen LogP contribution in [0.2, 0.25) is 5.02 Å². The summed E-state index contributed by atoms with van der Waals surface area (Å²) in [7, 11) is 0. The first kappa shape index (κ1) is 16.2. The standard InChI is InChI=1S/C15H19ClN2O2S/c1-15(2,3)6-7-18-12-5-4-10(16)8-11(12)17-14(18)21-9-13(19)20/h4-5,8H,6-7,9H2,1-3H3,(H,19,20). The smallest absolute Gasteiger partial charge is 0.313 e. The van der Waals surface area contributed by atoms with E-state index in [1.807, 2.05) is 18.2 Å². The molecule has 0 saturated carbocycles. The maximum atomic E-state index is 10.8. The maximum Gasteiger partial charge on any atom is 0.313 e. The summed E-state index contributed by atoms with van der Waals surface area (Å²) in [5, 5.41) is 10.2. The molecular weight excluding hydrogens is 308 g/mol. The highest BCUT2D eigenvalue weighted by molar-refractivity contribution is 7.99. The fourth-order valence-corrected chi connectivity index (χ4v) is 2.91. The van der Waals surface area contributed by atoms with E-state index >= 15 is 0 Å². The summed E-state index contributed by atoms with van der Waals surface area (Å²) in [6.45, 7) is 7.37. The molecule has 114 valence electrons. The molecule has 6 heteroatoms. The summed E-state index contributed by atoms with van der Waals surface area (Å²) < 4.78 is 2.09. The van der Waals surface area contributed by atoms with Gasteiger partial charge in [0.2, 0.25) is 0 Å². The number of aryl methyl sites for hydroxylation is 1. The van der Waals surface area contributed by atoms with Crippen molar-refractivity contribution in [3.8, 4) is 0 Å². The van der Waals surface area contributed by atoms with E-state index in [9.17, 15) is 4.79 Å². The van der Waals surface area contributed by atoms with Gasteiger partial charge in [-0.15, -0.1) is 0 Å². The number of hydrogen-bond acceptors (Lipinski definition) is 3. The van der Waals surface area contributed by atoms with Gasteiger partial charge in [0.05, 0.1) is 16.8 Å². The molecule has 1 heterocycles. The lowest BCUT2D eigenvalue weighted by Crippen LogP contribution is -2.11. The van der Waals surface area contributed by atoms with E-state index in [2.05, 4.69) is 30.3 Å². The molecule has 0 fully saturated rings. The summed E-state index contributed by atoms with van der Waals surface area (Å²) in [4.78, 5) is 15.3.